The number of hydrazine groups is 1. The number of anilines is 1. The number of nitrogens with one attached hydrogen (secondary N) is 2. The molecule has 2 rings (SSSR count). The maximum absolute atomic E-state index is 13.0. The molecule has 1 amide bonds. The van der Waals surface area contributed by atoms with Gasteiger partial charge in [0.1, 0.15) is 11.6 Å². The summed E-state index contributed by atoms with van der Waals surface area (Å²) in [6, 6.07) is 5.07. The molecule has 0 saturated carbocycles. The van der Waals surface area contributed by atoms with Gasteiger partial charge in [0.05, 0.1) is 17.0 Å². The normalized spacial score (nSPS) is 10.1. The maximum atomic E-state index is 13.0. The minimum absolute atomic E-state index is 0.0255. The van der Waals surface area contributed by atoms with Crippen molar-refractivity contribution in [3.05, 3.63) is 57.4 Å². The number of halogens is 2. The fourth-order valence-corrected chi connectivity index (χ4v) is 1.74. The fraction of sp³-hybridized carbons (Fsp3) is 0.143. The van der Waals surface area contributed by atoms with Gasteiger partial charge in [0, 0.05) is 6.07 Å². The standard InChI is InChI=1S/C14H12ClFN2O4/c1-8-14(12(19)4-5-21-8)22-7-13(20)18-17-9-2-3-11(16)10(15)6-9/h2-6,17H,7H2,1H3,(H,18,20). The van der Waals surface area contributed by atoms with Crippen LogP contribution in [0.5, 0.6) is 5.75 Å². The highest BCUT2D eigenvalue weighted by atomic mass is 35.5. The van der Waals surface area contributed by atoms with E-state index in [1.165, 1.54) is 24.5 Å². The number of carbonyl (C=O) groups is 1. The van der Waals surface area contributed by atoms with Gasteiger partial charge in [-0.3, -0.25) is 20.4 Å². The molecule has 116 valence electrons. The molecule has 0 aliphatic heterocycles. The van der Waals surface area contributed by atoms with Crippen LogP contribution < -0.4 is 21.0 Å². The molecule has 8 heteroatoms. The van der Waals surface area contributed by atoms with E-state index >= 15 is 0 Å². The highest BCUT2D eigenvalue weighted by Gasteiger charge is 2.09. The van der Waals surface area contributed by atoms with Gasteiger partial charge >= 0.3 is 0 Å². The van der Waals surface area contributed by atoms with E-state index in [-0.39, 0.29) is 22.0 Å². The van der Waals surface area contributed by atoms with Crippen LogP contribution in [0.25, 0.3) is 0 Å². The smallest absolute Gasteiger partial charge is 0.276 e. The summed E-state index contributed by atoms with van der Waals surface area (Å²) >= 11 is 5.61. The number of aryl methyl sites for hydroxylation is 1. The topological polar surface area (TPSA) is 80.6 Å². The van der Waals surface area contributed by atoms with E-state index in [0.717, 1.165) is 6.07 Å². The van der Waals surface area contributed by atoms with Crippen LogP contribution in [0.4, 0.5) is 10.1 Å². The largest absolute Gasteiger partial charge is 0.476 e. The number of carbonyl (C=O) groups excluding carboxylic acids is 1. The van der Waals surface area contributed by atoms with Gasteiger partial charge in [-0.15, -0.1) is 0 Å². The van der Waals surface area contributed by atoms with Crippen molar-refractivity contribution in [2.24, 2.45) is 0 Å². The Hall–Kier alpha value is -2.54. The Morgan fingerprint density at radius 1 is 1.41 bits per heavy atom. The van der Waals surface area contributed by atoms with Crippen LogP contribution in [0.2, 0.25) is 5.02 Å². The van der Waals surface area contributed by atoms with Gasteiger partial charge in [-0.1, -0.05) is 11.6 Å². The van der Waals surface area contributed by atoms with E-state index in [9.17, 15) is 14.0 Å². The summed E-state index contributed by atoms with van der Waals surface area (Å²) in [5.41, 5.74) is 4.89. The zero-order valence-corrected chi connectivity index (χ0v) is 12.2. The third-order valence-corrected chi connectivity index (χ3v) is 2.91. The van der Waals surface area contributed by atoms with Gasteiger partial charge in [0.2, 0.25) is 11.2 Å². The molecule has 0 unspecified atom stereocenters. The summed E-state index contributed by atoms with van der Waals surface area (Å²) < 4.78 is 23.1. The molecule has 1 aromatic carbocycles. The van der Waals surface area contributed by atoms with Crippen LogP contribution in [0.1, 0.15) is 5.76 Å². The lowest BCUT2D eigenvalue weighted by Gasteiger charge is -2.10. The summed E-state index contributed by atoms with van der Waals surface area (Å²) in [6.07, 6.45) is 1.24. The molecule has 2 N–H and O–H groups in total. The zero-order chi connectivity index (χ0) is 16.1. The van der Waals surface area contributed by atoms with Crippen molar-refractivity contribution in [2.45, 2.75) is 6.92 Å². The molecule has 0 atom stereocenters. The lowest BCUT2D eigenvalue weighted by atomic mass is 10.3. The van der Waals surface area contributed by atoms with Crippen molar-refractivity contribution in [1.82, 2.24) is 5.43 Å². The van der Waals surface area contributed by atoms with E-state index < -0.39 is 18.3 Å². The molecule has 0 aliphatic carbocycles. The minimum atomic E-state index is -0.562. The molecule has 0 saturated heterocycles. The Morgan fingerprint density at radius 2 is 2.18 bits per heavy atom. The highest BCUT2D eigenvalue weighted by molar-refractivity contribution is 6.31. The predicted molar refractivity (Wildman–Crippen MR) is 78.4 cm³/mol. The van der Waals surface area contributed by atoms with Gasteiger partial charge in [-0.2, -0.15) is 0 Å². The highest BCUT2D eigenvalue weighted by Crippen LogP contribution is 2.18. The molecular weight excluding hydrogens is 315 g/mol. The predicted octanol–water partition coefficient (Wildman–Crippen LogP) is 2.26. The van der Waals surface area contributed by atoms with Crippen LogP contribution in [0.15, 0.2) is 39.7 Å². The van der Waals surface area contributed by atoms with Gasteiger partial charge < -0.3 is 9.15 Å². The van der Waals surface area contributed by atoms with E-state index in [0.29, 0.717) is 5.69 Å². The molecule has 0 radical (unpaired) electrons. The Morgan fingerprint density at radius 3 is 2.86 bits per heavy atom. The second-order valence-corrected chi connectivity index (χ2v) is 4.67. The number of amides is 1. The van der Waals surface area contributed by atoms with Crippen LogP contribution in [-0.2, 0) is 4.79 Å². The van der Waals surface area contributed by atoms with E-state index in [1.54, 1.807) is 6.92 Å². The van der Waals surface area contributed by atoms with Crippen molar-refractivity contribution in [1.29, 1.82) is 0 Å². The Kier molecular flexibility index (Phi) is 5.00. The summed E-state index contributed by atoms with van der Waals surface area (Å²) in [5.74, 6) is -0.850. The van der Waals surface area contributed by atoms with Crippen LogP contribution in [0.3, 0.4) is 0 Å². The first-order valence-electron chi connectivity index (χ1n) is 6.18. The molecule has 1 heterocycles. The molecule has 0 spiro atoms. The van der Waals surface area contributed by atoms with Crippen LogP contribution >= 0.6 is 11.6 Å². The Labute approximate surface area is 129 Å². The molecule has 0 aliphatic rings. The maximum Gasteiger partial charge on any atom is 0.276 e. The third kappa shape index (κ3) is 3.98. The summed E-state index contributed by atoms with van der Waals surface area (Å²) in [7, 11) is 0. The zero-order valence-electron chi connectivity index (χ0n) is 11.5. The Balaban J connectivity index is 1.88. The average Bonchev–Trinajstić information content (AvgIpc) is 2.48. The monoisotopic (exact) mass is 326 g/mol. The second-order valence-electron chi connectivity index (χ2n) is 4.26. The molecule has 6 nitrogen and oxygen atoms in total. The van der Waals surface area contributed by atoms with Crippen molar-refractivity contribution in [2.75, 3.05) is 12.0 Å². The molecule has 0 bridgehead atoms. The molecule has 1 aromatic heterocycles. The first-order valence-corrected chi connectivity index (χ1v) is 6.56. The van der Waals surface area contributed by atoms with Crippen molar-refractivity contribution >= 4 is 23.2 Å². The number of hydrogen-bond donors (Lipinski definition) is 2. The van der Waals surface area contributed by atoms with Crippen molar-refractivity contribution in [3.8, 4) is 5.75 Å². The van der Waals surface area contributed by atoms with E-state index in [2.05, 4.69) is 10.9 Å². The third-order valence-electron chi connectivity index (χ3n) is 2.62. The van der Waals surface area contributed by atoms with Gasteiger partial charge in [-0.05, 0) is 25.1 Å². The first-order chi connectivity index (χ1) is 10.5. The average molecular weight is 327 g/mol. The lowest BCUT2D eigenvalue weighted by molar-refractivity contribution is -0.122. The quantitative estimate of drug-likeness (QED) is 0.824. The summed E-state index contributed by atoms with van der Waals surface area (Å²) in [5, 5.41) is -0.0759. The van der Waals surface area contributed by atoms with E-state index in [4.69, 9.17) is 20.8 Å². The van der Waals surface area contributed by atoms with E-state index in [1.807, 2.05) is 0 Å². The molecule has 22 heavy (non-hydrogen) atoms. The summed E-state index contributed by atoms with van der Waals surface area (Å²) in [6.45, 7) is 1.16. The fourth-order valence-electron chi connectivity index (χ4n) is 1.56. The molecular formula is C14H12ClFN2O4. The molecule has 0 fully saturated rings. The van der Waals surface area contributed by atoms with Gasteiger partial charge in [0.25, 0.3) is 5.91 Å². The minimum Gasteiger partial charge on any atom is -0.476 e. The van der Waals surface area contributed by atoms with Crippen molar-refractivity contribution < 1.29 is 18.3 Å². The van der Waals surface area contributed by atoms with Crippen LogP contribution in [0, 0.1) is 12.7 Å². The SMILES string of the molecule is Cc1occc(=O)c1OCC(=O)NNc1ccc(F)c(Cl)c1. The second kappa shape index (κ2) is 6.95. The first kappa shape index (κ1) is 15.8. The van der Waals surface area contributed by atoms with Crippen LogP contribution in [-0.4, -0.2) is 12.5 Å². The van der Waals surface area contributed by atoms with Gasteiger partial charge in [0.15, 0.2) is 6.61 Å². The lowest BCUT2D eigenvalue weighted by Crippen LogP contribution is -2.34. The van der Waals surface area contributed by atoms with Crippen molar-refractivity contribution in [3.63, 3.8) is 0 Å². The number of benzene rings is 1. The summed E-state index contributed by atoms with van der Waals surface area (Å²) in [4.78, 5) is 23.1. The molecule has 2 aromatic rings. The Bertz CT molecular complexity index is 748. The number of ether oxygens (including phenoxy) is 1. The van der Waals surface area contributed by atoms with Gasteiger partial charge in [-0.25, -0.2) is 4.39 Å². The number of hydrogen-bond acceptors (Lipinski definition) is 5. The number of rotatable bonds is 5.